The van der Waals surface area contributed by atoms with Crippen molar-refractivity contribution in [2.75, 3.05) is 10.5 Å². The molecule has 1 aromatic rings. The molecule has 5 nitrogen and oxygen atoms in total. The van der Waals surface area contributed by atoms with Gasteiger partial charge in [0.15, 0.2) is 11.6 Å². The van der Waals surface area contributed by atoms with Crippen LogP contribution in [-0.4, -0.2) is 30.4 Å². The van der Waals surface area contributed by atoms with Crippen LogP contribution in [0.2, 0.25) is 0 Å². The number of nitrogens with zero attached hydrogens (tertiary/aromatic N) is 1. The van der Waals surface area contributed by atoms with Crippen LogP contribution < -0.4 is 4.72 Å². The Kier molecular flexibility index (Phi) is 4.38. The van der Waals surface area contributed by atoms with Gasteiger partial charge in [-0.2, -0.15) is 13.2 Å². The van der Waals surface area contributed by atoms with Crippen molar-refractivity contribution < 1.29 is 26.7 Å². The second-order valence-corrected chi connectivity index (χ2v) is 5.35. The molecule has 1 heterocycles. The number of pyridine rings is 1. The summed E-state index contributed by atoms with van der Waals surface area (Å²) in [5, 5.41) is 9.26. The molecule has 0 bridgehead atoms. The highest BCUT2D eigenvalue weighted by atomic mass is 32.2. The first kappa shape index (κ1) is 14.6. The smallest absolute Gasteiger partial charge is 0.389 e. The number of rotatable bonds is 5. The first-order valence-corrected chi connectivity index (χ1v) is 6.56. The third-order valence-electron chi connectivity index (χ3n) is 1.91. The van der Waals surface area contributed by atoms with Crippen LogP contribution >= 0.6 is 0 Å². The van der Waals surface area contributed by atoms with Crippen molar-refractivity contribution >= 4 is 15.8 Å². The van der Waals surface area contributed by atoms with E-state index in [-0.39, 0.29) is 5.82 Å². The molecule has 18 heavy (non-hydrogen) atoms. The zero-order valence-corrected chi connectivity index (χ0v) is 9.92. The number of hydrogen-bond donors (Lipinski definition) is 2. The van der Waals surface area contributed by atoms with E-state index in [1.807, 2.05) is 4.72 Å². The lowest BCUT2D eigenvalue weighted by Crippen LogP contribution is -2.19. The molecule has 102 valence electrons. The summed E-state index contributed by atoms with van der Waals surface area (Å²) in [6.07, 6.45) is -4.87. The van der Waals surface area contributed by atoms with Gasteiger partial charge >= 0.3 is 6.18 Å². The minimum absolute atomic E-state index is 0.301. The quantitative estimate of drug-likeness (QED) is 0.865. The van der Waals surface area contributed by atoms with Gasteiger partial charge in [0.1, 0.15) is 0 Å². The summed E-state index contributed by atoms with van der Waals surface area (Å²) in [4.78, 5) is 3.56. The number of hydrogen-bond acceptors (Lipinski definition) is 4. The molecule has 1 rings (SSSR count). The van der Waals surface area contributed by atoms with Crippen molar-refractivity contribution in [1.29, 1.82) is 0 Å². The van der Waals surface area contributed by atoms with E-state index in [9.17, 15) is 26.7 Å². The van der Waals surface area contributed by atoms with Crippen LogP contribution in [0.4, 0.5) is 19.0 Å². The maximum absolute atomic E-state index is 11.9. The molecule has 2 N–H and O–H groups in total. The van der Waals surface area contributed by atoms with Crippen LogP contribution in [0.25, 0.3) is 0 Å². The van der Waals surface area contributed by atoms with Crippen molar-refractivity contribution in [3.63, 3.8) is 0 Å². The summed E-state index contributed by atoms with van der Waals surface area (Å²) in [5.41, 5.74) is 0. The normalized spacial score (nSPS) is 12.4. The zero-order valence-electron chi connectivity index (χ0n) is 9.11. The zero-order chi connectivity index (χ0) is 13.8. The maximum atomic E-state index is 11.9. The van der Waals surface area contributed by atoms with E-state index in [0.717, 1.165) is 0 Å². The number of aromatic nitrogens is 1. The van der Waals surface area contributed by atoms with Gasteiger partial charge in [0.05, 0.1) is 5.75 Å². The van der Waals surface area contributed by atoms with Crippen LogP contribution in [0, 0.1) is 0 Å². The molecule has 0 fully saturated rings. The summed E-state index contributed by atoms with van der Waals surface area (Å²) < 4.78 is 60.3. The Labute approximate surface area is 102 Å². The number of alkyl halides is 3. The van der Waals surface area contributed by atoms with Crippen molar-refractivity contribution in [3.05, 3.63) is 18.3 Å². The number of nitrogens with one attached hydrogen (secondary N) is 1. The Bertz CT molecular complexity index is 502. The molecule has 0 saturated carbocycles. The van der Waals surface area contributed by atoms with Crippen LogP contribution in [0.1, 0.15) is 12.8 Å². The molecule has 0 aliphatic carbocycles. The van der Waals surface area contributed by atoms with E-state index >= 15 is 0 Å². The average Bonchev–Trinajstić information content (AvgIpc) is 2.18. The molecule has 0 atom stereocenters. The molecule has 0 amide bonds. The van der Waals surface area contributed by atoms with Gasteiger partial charge in [0.2, 0.25) is 10.0 Å². The van der Waals surface area contributed by atoms with E-state index in [0.29, 0.717) is 0 Å². The highest BCUT2D eigenvalue weighted by molar-refractivity contribution is 7.92. The molecule has 0 aliphatic rings. The number of sulfonamides is 1. The second-order valence-electron chi connectivity index (χ2n) is 3.51. The summed E-state index contributed by atoms with van der Waals surface area (Å²) in [6.45, 7) is 0. The maximum Gasteiger partial charge on any atom is 0.389 e. The topological polar surface area (TPSA) is 79.3 Å². The molecule has 0 saturated heterocycles. The van der Waals surface area contributed by atoms with E-state index < -0.39 is 40.5 Å². The molecular weight excluding hydrogens is 273 g/mol. The van der Waals surface area contributed by atoms with Gasteiger partial charge in [-0.1, -0.05) is 0 Å². The SMILES string of the molecule is O=S(=O)(CCCC(F)(F)F)Nc1ncccc1O. The third-order valence-corrected chi connectivity index (χ3v) is 3.24. The van der Waals surface area contributed by atoms with Crippen molar-refractivity contribution in [1.82, 2.24) is 4.98 Å². The molecule has 0 radical (unpaired) electrons. The van der Waals surface area contributed by atoms with Crippen molar-refractivity contribution in [2.45, 2.75) is 19.0 Å². The van der Waals surface area contributed by atoms with Gasteiger partial charge in [0.25, 0.3) is 0 Å². The summed E-state index contributed by atoms with van der Waals surface area (Å²) >= 11 is 0. The fraction of sp³-hybridized carbons (Fsp3) is 0.444. The van der Waals surface area contributed by atoms with E-state index in [4.69, 9.17) is 0 Å². The average molecular weight is 284 g/mol. The van der Waals surface area contributed by atoms with E-state index in [2.05, 4.69) is 4.98 Å². The Morgan fingerprint density at radius 1 is 1.39 bits per heavy atom. The fourth-order valence-corrected chi connectivity index (χ4v) is 2.21. The van der Waals surface area contributed by atoms with Gasteiger partial charge in [-0.3, -0.25) is 4.72 Å². The largest absolute Gasteiger partial charge is 0.504 e. The van der Waals surface area contributed by atoms with Gasteiger partial charge < -0.3 is 5.11 Å². The summed E-state index contributed by atoms with van der Waals surface area (Å²) in [6, 6.07) is 2.59. The Morgan fingerprint density at radius 2 is 2.06 bits per heavy atom. The summed E-state index contributed by atoms with van der Waals surface area (Å²) in [5.74, 6) is -1.39. The molecular formula is C9H11F3N2O3S. The fourth-order valence-electron chi connectivity index (χ4n) is 1.14. The minimum atomic E-state index is -4.39. The van der Waals surface area contributed by atoms with Gasteiger partial charge in [-0.25, -0.2) is 13.4 Å². The van der Waals surface area contributed by atoms with Crippen molar-refractivity contribution in [2.24, 2.45) is 0 Å². The molecule has 0 aromatic carbocycles. The summed E-state index contributed by atoms with van der Waals surface area (Å²) in [7, 11) is -3.95. The van der Waals surface area contributed by atoms with Crippen LogP contribution in [0.5, 0.6) is 5.75 Å². The third kappa shape index (κ3) is 5.21. The number of halogens is 3. The van der Waals surface area contributed by atoms with Gasteiger partial charge in [-0.15, -0.1) is 0 Å². The molecule has 9 heteroatoms. The van der Waals surface area contributed by atoms with Crippen LogP contribution in [-0.2, 0) is 10.0 Å². The van der Waals surface area contributed by atoms with Crippen LogP contribution in [0.15, 0.2) is 18.3 Å². The lowest BCUT2D eigenvalue weighted by atomic mass is 10.3. The molecule has 0 unspecified atom stereocenters. The Morgan fingerprint density at radius 3 is 2.61 bits per heavy atom. The molecule has 1 aromatic heterocycles. The molecule has 0 spiro atoms. The lowest BCUT2D eigenvalue weighted by Gasteiger charge is -2.09. The monoisotopic (exact) mass is 284 g/mol. The predicted octanol–water partition coefficient (Wildman–Crippen LogP) is 1.87. The first-order valence-electron chi connectivity index (χ1n) is 4.91. The predicted molar refractivity (Wildman–Crippen MR) is 58.6 cm³/mol. The van der Waals surface area contributed by atoms with E-state index in [1.165, 1.54) is 18.3 Å². The van der Waals surface area contributed by atoms with Crippen LogP contribution in [0.3, 0.4) is 0 Å². The number of anilines is 1. The standard InChI is InChI=1S/C9H11F3N2O3S/c10-9(11,12)4-2-6-18(16,17)14-8-7(15)3-1-5-13-8/h1,3,5,15H,2,4,6H2,(H,13,14). The highest BCUT2D eigenvalue weighted by Crippen LogP contribution is 2.23. The van der Waals surface area contributed by atoms with E-state index in [1.54, 1.807) is 0 Å². The lowest BCUT2D eigenvalue weighted by molar-refractivity contribution is -0.134. The van der Waals surface area contributed by atoms with Gasteiger partial charge in [-0.05, 0) is 18.6 Å². The number of aromatic hydroxyl groups is 1. The Hall–Kier alpha value is -1.51. The molecule has 0 aliphatic heterocycles. The Balaban J connectivity index is 2.58. The highest BCUT2D eigenvalue weighted by Gasteiger charge is 2.27. The minimum Gasteiger partial charge on any atom is -0.504 e. The van der Waals surface area contributed by atoms with Gasteiger partial charge in [0, 0.05) is 12.6 Å². The van der Waals surface area contributed by atoms with Crippen molar-refractivity contribution in [3.8, 4) is 5.75 Å². The first-order chi connectivity index (χ1) is 8.20. The second kappa shape index (κ2) is 5.42.